The molecule has 0 heterocycles. The Morgan fingerprint density at radius 2 is 1.50 bits per heavy atom. The number of methoxy groups -OCH3 is 1. The van der Waals surface area contributed by atoms with Gasteiger partial charge in [-0.05, 0) is 74.0 Å². The van der Waals surface area contributed by atoms with Crippen molar-refractivity contribution < 1.29 is 26.7 Å². The Morgan fingerprint density at radius 1 is 0.917 bits per heavy atom. The van der Waals surface area contributed by atoms with E-state index in [9.17, 15) is 22.0 Å². The van der Waals surface area contributed by atoms with Crippen LogP contribution in [0.25, 0.3) is 0 Å². The third-order valence-electron chi connectivity index (χ3n) is 5.72. The predicted octanol–water partition coefficient (Wildman–Crippen LogP) is 5.68. The molecule has 1 aromatic carbocycles. The Hall–Kier alpha value is -1.17. The highest BCUT2D eigenvalue weighted by molar-refractivity contribution is 5.31. The maximum atomic E-state index is 13.8. The van der Waals surface area contributed by atoms with E-state index in [1.54, 1.807) is 7.11 Å². The Balaban J connectivity index is 1.77. The Bertz CT molecular complexity index is 575. The summed E-state index contributed by atoms with van der Waals surface area (Å²) < 4.78 is 71.1. The number of alkyl halides is 3. The molecule has 4 atom stereocenters. The second kappa shape index (κ2) is 6.62. The lowest BCUT2D eigenvalue weighted by molar-refractivity contribution is -0.142. The minimum atomic E-state index is -5.01. The largest absolute Gasteiger partial charge is 0.422 e. The van der Waals surface area contributed by atoms with Crippen LogP contribution in [0.15, 0.2) is 12.1 Å². The van der Waals surface area contributed by atoms with Crippen molar-refractivity contribution in [2.45, 2.75) is 56.7 Å². The number of fused-ring (bicyclic) bond motifs is 1. The molecule has 4 unspecified atom stereocenters. The van der Waals surface area contributed by atoms with Crippen molar-refractivity contribution in [3.8, 4) is 0 Å². The van der Waals surface area contributed by atoms with E-state index >= 15 is 0 Å². The average molecular weight is 348 g/mol. The summed E-state index contributed by atoms with van der Waals surface area (Å²) in [5.74, 6) is -2.09. The fourth-order valence-electron chi connectivity index (χ4n) is 4.46. The van der Waals surface area contributed by atoms with Crippen LogP contribution in [0.5, 0.6) is 0 Å². The fraction of sp³-hybridized carbons (Fsp3) is 0.667. The minimum Gasteiger partial charge on any atom is -0.381 e. The first-order valence-corrected chi connectivity index (χ1v) is 8.38. The van der Waals surface area contributed by atoms with Gasteiger partial charge in [0.05, 0.1) is 6.10 Å². The highest BCUT2D eigenvalue weighted by Gasteiger charge is 2.40. The number of hydrogen-bond acceptors (Lipinski definition) is 1. The Kier molecular flexibility index (Phi) is 4.87. The maximum Gasteiger partial charge on any atom is 0.422 e. The van der Waals surface area contributed by atoms with Gasteiger partial charge in [-0.25, -0.2) is 8.78 Å². The van der Waals surface area contributed by atoms with Gasteiger partial charge in [0.2, 0.25) is 0 Å². The number of halogens is 5. The van der Waals surface area contributed by atoms with E-state index < -0.39 is 23.4 Å². The molecule has 134 valence electrons. The van der Waals surface area contributed by atoms with Crippen molar-refractivity contribution in [3.63, 3.8) is 0 Å². The minimum absolute atomic E-state index is 0.0726. The van der Waals surface area contributed by atoms with E-state index in [0.717, 1.165) is 50.7 Å². The quantitative estimate of drug-likeness (QED) is 0.625. The van der Waals surface area contributed by atoms with Crippen molar-refractivity contribution in [1.29, 1.82) is 0 Å². The summed E-state index contributed by atoms with van der Waals surface area (Å²) in [6.45, 7) is 0. The summed E-state index contributed by atoms with van der Waals surface area (Å²) in [4.78, 5) is 0. The standard InChI is InChI=1S/C18H21F5O/c1-24-14-5-4-10-6-11(2-3-12(10)7-14)13-8-15(19)17(16(20)9-13)18(21,22)23/h8-12,14H,2-7H2,1H3. The van der Waals surface area contributed by atoms with Crippen molar-refractivity contribution in [3.05, 3.63) is 34.9 Å². The lowest BCUT2D eigenvalue weighted by atomic mass is 9.65. The SMILES string of the molecule is COC1CCC2CC(c3cc(F)c(C(F)(F)F)c(F)c3)CCC2C1. The van der Waals surface area contributed by atoms with E-state index in [2.05, 4.69) is 0 Å². The molecule has 3 rings (SSSR count). The normalized spacial score (nSPS) is 30.9. The predicted molar refractivity (Wildman–Crippen MR) is 79.6 cm³/mol. The first-order chi connectivity index (χ1) is 11.3. The van der Waals surface area contributed by atoms with Crippen LogP contribution in [0.1, 0.15) is 55.6 Å². The van der Waals surface area contributed by atoms with Crippen LogP contribution in [-0.2, 0) is 10.9 Å². The summed E-state index contributed by atoms with van der Waals surface area (Å²) in [7, 11) is 1.71. The molecule has 2 fully saturated rings. The van der Waals surface area contributed by atoms with Crippen molar-refractivity contribution >= 4 is 0 Å². The fourth-order valence-corrected chi connectivity index (χ4v) is 4.46. The van der Waals surface area contributed by atoms with Gasteiger partial charge in [-0.2, -0.15) is 13.2 Å². The van der Waals surface area contributed by atoms with Gasteiger partial charge in [0.1, 0.15) is 17.2 Å². The number of hydrogen-bond donors (Lipinski definition) is 0. The molecule has 0 aromatic heterocycles. The molecule has 0 spiro atoms. The van der Waals surface area contributed by atoms with E-state index in [-0.39, 0.29) is 12.0 Å². The summed E-state index contributed by atoms with van der Waals surface area (Å²) >= 11 is 0. The van der Waals surface area contributed by atoms with Crippen molar-refractivity contribution in [2.75, 3.05) is 7.11 Å². The maximum absolute atomic E-state index is 13.8. The van der Waals surface area contributed by atoms with Gasteiger partial charge in [-0.15, -0.1) is 0 Å². The molecule has 0 N–H and O–H groups in total. The third-order valence-corrected chi connectivity index (χ3v) is 5.72. The molecule has 0 bridgehead atoms. The molecule has 0 amide bonds. The van der Waals surface area contributed by atoms with Gasteiger partial charge in [-0.1, -0.05) is 0 Å². The smallest absolute Gasteiger partial charge is 0.381 e. The topological polar surface area (TPSA) is 9.23 Å². The van der Waals surface area contributed by atoms with E-state index in [1.807, 2.05) is 0 Å². The van der Waals surface area contributed by atoms with Gasteiger partial charge in [0.25, 0.3) is 0 Å². The first kappa shape index (κ1) is 17.6. The molecule has 2 aliphatic carbocycles. The average Bonchev–Trinajstić information content (AvgIpc) is 2.51. The third kappa shape index (κ3) is 3.44. The van der Waals surface area contributed by atoms with E-state index in [0.29, 0.717) is 17.4 Å². The molecular formula is C18H21F5O. The van der Waals surface area contributed by atoms with Crippen LogP contribution < -0.4 is 0 Å². The molecule has 24 heavy (non-hydrogen) atoms. The Morgan fingerprint density at radius 3 is 2.08 bits per heavy atom. The Labute approximate surface area is 138 Å². The van der Waals surface area contributed by atoms with Gasteiger partial charge in [-0.3, -0.25) is 0 Å². The molecule has 6 heteroatoms. The molecule has 2 saturated carbocycles. The van der Waals surface area contributed by atoms with Crippen LogP contribution in [0, 0.1) is 23.5 Å². The molecule has 0 radical (unpaired) electrons. The zero-order chi connectivity index (χ0) is 17.5. The zero-order valence-electron chi connectivity index (χ0n) is 13.5. The van der Waals surface area contributed by atoms with Gasteiger partial charge < -0.3 is 4.74 Å². The molecule has 1 aromatic rings. The molecule has 1 nitrogen and oxygen atoms in total. The highest BCUT2D eigenvalue weighted by atomic mass is 19.4. The van der Waals surface area contributed by atoms with Crippen LogP contribution in [0.2, 0.25) is 0 Å². The van der Waals surface area contributed by atoms with E-state index in [4.69, 9.17) is 4.74 Å². The van der Waals surface area contributed by atoms with Crippen molar-refractivity contribution in [1.82, 2.24) is 0 Å². The summed E-state index contributed by atoms with van der Waals surface area (Å²) in [6.07, 6.45) is 0.716. The van der Waals surface area contributed by atoms with Crippen LogP contribution >= 0.6 is 0 Å². The second-order valence-electron chi connectivity index (χ2n) is 7.06. The summed E-state index contributed by atoms with van der Waals surface area (Å²) in [5.41, 5.74) is -1.44. The molecule has 0 saturated heterocycles. The molecule has 0 aliphatic heterocycles. The second-order valence-corrected chi connectivity index (χ2v) is 7.06. The lowest BCUT2D eigenvalue weighted by Gasteiger charge is -2.42. The van der Waals surface area contributed by atoms with Gasteiger partial charge in [0.15, 0.2) is 0 Å². The summed E-state index contributed by atoms with van der Waals surface area (Å²) in [5, 5.41) is 0. The lowest BCUT2D eigenvalue weighted by Crippen LogP contribution is -2.33. The molecule has 2 aliphatic rings. The van der Waals surface area contributed by atoms with E-state index in [1.165, 1.54) is 0 Å². The van der Waals surface area contributed by atoms with Crippen LogP contribution in [-0.4, -0.2) is 13.2 Å². The molecular weight excluding hydrogens is 327 g/mol. The monoisotopic (exact) mass is 348 g/mol. The van der Waals surface area contributed by atoms with Gasteiger partial charge in [0, 0.05) is 7.11 Å². The summed E-state index contributed by atoms with van der Waals surface area (Å²) in [6, 6.07) is 1.75. The van der Waals surface area contributed by atoms with Gasteiger partial charge >= 0.3 is 6.18 Å². The zero-order valence-corrected chi connectivity index (χ0v) is 13.5. The van der Waals surface area contributed by atoms with Crippen LogP contribution in [0.4, 0.5) is 22.0 Å². The van der Waals surface area contributed by atoms with Crippen LogP contribution in [0.3, 0.4) is 0 Å². The number of benzene rings is 1. The van der Waals surface area contributed by atoms with Crippen molar-refractivity contribution in [2.24, 2.45) is 11.8 Å². The number of rotatable bonds is 2. The number of ether oxygens (including phenoxy) is 1. The first-order valence-electron chi connectivity index (χ1n) is 8.38. The highest BCUT2D eigenvalue weighted by Crippen LogP contribution is 2.47.